The van der Waals surface area contributed by atoms with E-state index >= 15 is 0 Å². The number of para-hydroxylation sites is 1. The highest BCUT2D eigenvalue weighted by atomic mass is 16.5. The van der Waals surface area contributed by atoms with Gasteiger partial charge in [0, 0.05) is 5.56 Å². The van der Waals surface area contributed by atoms with Crippen LogP contribution in [-0.4, -0.2) is 19.1 Å². The lowest BCUT2D eigenvalue weighted by atomic mass is 10.1. The molecule has 23 heavy (non-hydrogen) atoms. The van der Waals surface area contributed by atoms with Crippen LogP contribution in [0.1, 0.15) is 27.0 Å². The highest BCUT2D eigenvalue weighted by molar-refractivity contribution is 5.94. The molecule has 2 rings (SSSR count). The number of hydrogen-bond donors (Lipinski definition) is 1. The summed E-state index contributed by atoms with van der Waals surface area (Å²) < 4.78 is 5.57. The molecular weight excluding hydrogens is 286 g/mol. The van der Waals surface area contributed by atoms with Gasteiger partial charge in [-0.3, -0.25) is 4.79 Å². The van der Waals surface area contributed by atoms with Gasteiger partial charge in [0.2, 0.25) is 0 Å². The molecule has 0 aromatic heterocycles. The van der Waals surface area contributed by atoms with Crippen molar-refractivity contribution < 1.29 is 9.53 Å². The Hall–Kier alpha value is -2.73. The fourth-order valence-electron chi connectivity index (χ4n) is 2.28. The van der Waals surface area contributed by atoms with E-state index in [4.69, 9.17) is 4.74 Å². The molecule has 0 radical (unpaired) electrons. The average molecular weight is 307 g/mol. The maximum Gasteiger partial charge on any atom is 0.252 e. The van der Waals surface area contributed by atoms with Crippen LogP contribution in [0.25, 0.3) is 0 Å². The number of amides is 1. The van der Waals surface area contributed by atoms with E-state index in [1.807, 2.05) is 63.2 Å². The van der Waals surface area contributed by atoms with Crippen LogP contribution in [0, 0.1) is 32.6 Å². The van der Waals surface area contributed by atoms with Gasteiger partial charge in [-0.2, -0.15) is 0 Å². The second-order valence-corrected chi connectivity index (χ2v) is 5.47. The summed E-state index contributed by atoms with van der Waals surface area (Å²) in [6.45, 7) is 6.57. The molecule has 0 bridgehead atoms. The van der Waals surface area contributed by atoms with Gasteiger partial charge in [-0.1, -0.05) is 47.2 Å². The number of hydrogen-bond acceptors (Lipinski definition) is 2. The summed E-state index contributed by atoms with van der Waals surface area (Å²) in [6, 6.07) is 13.6. The van der Waals surface area contributed by atoms with Gasteiger partial charge in [0.05, 0.1) is 6.54 Å². The molecule has 118 valence electrons. The van der Waals surface area contributed by atoms with Crippen molar-refractivity contribution in [3.8, 4) is 17.6 Å². The van der Waals surface area contributed by atoms with E-state index in [2.05, 4.69) is 17.2 Å². The first-order valence-electron chi connectivity index (χ1n) is 7.57. The average Bonchev–Trinajstić information content (AvgIpc) is 2.51. The number of benzene rings is 2. The lowest BCUT2D eigenvalue weighted by Crippen LogP contribution is -2.23. The fraction of sp³-hybridized carbons (Fsp3) is 0.250. The van der Waals surface area contributed by atoms with Crippen molar-refractivity contribution in [2.45, 2.75) is 20.8 Å². The Labute approximate surface area is 137 Å². The maximum absolute atomic E-state index is 12.0. The molecule has 3 nitrogen and oxygen atoms in total. The van der Waals surface area contributed by atoms with Crippen LogP contribution in [0.5, 0.6) is 5.75 Å². The minimum Gasteiger partial charge on any atom is -0.481 e. The Morgan fingerprint density at radius 3 is 2.43 bits per heavy atom. The van der Waals surface area contributed by atoms with Gasteiger partial charge in [-0.15, -0.1) is 0 Å². The van der Waals surface area contributed by atoms with Crippen LogP contribution in [-0.2, 0) is 0 Å². The van der Waals surface area contributed by atoms with Gasteiger partial charge in [0.15, 0.2) is 0 Å². The third kappa shape index (κ3) is 5.19. The molecule has 0 spiro atoms. The number of carbonyl (C=O) groups is 1. The molecule has 2 aromatic carbocycles. The summed E-state index contributed by atoms with van der Waals surface area (Å²) in [4.78, 5) is 12.0. The monoisotopic (exact) mass is 307 g/mol. The second kappa shape index (κ2) is 8.05. The highest BCUT2D eigenvalue weighted by Crippen LogP contribution is 2.15. The lowest BCUT2D eigenvalue weighted by molar-refractivity contribution is 0.0958. The van der Waals surface area contributed by atoms with Gasteiger partial charge >= 0.3 is 0 Å². The fourth-order valence-corrected chi connectivity index (χ4v) is 2.28. The van der Waals surface area contributed by atoms with E-state index in [0.29, 0.717) is 18.7 Å². The van der Waals surface area contributed by atoms with E-state index in [0.717, 1.165) is 22.4 Å². The summed E-state index contributed by atoms with van der Waals surface area (Å²) in [5.74, 6) is 6.53. The predicted molar refractivity (Wildman–Crippen MR) is 92.7 cm³/mol. The van der Waals surface area contributed by atoms with Gasteiger partial charge in [0.1, 0.15) is 12.4 Å². The first-order chi connectivity index (χ1) is 11.1. The van der Waals surface area contributed by atoms with Gasteiger partial charge in [-0.05, 0) is 44.5 Å². The summed E-state index contributed by atoms with van der Waals surface area (Å²) in [6.07, 6.45) is 0. The summed E-state index contributed by atoms with van der Waals surface area (Å²) in [5, 5.41) is 2.80. The third-order valence-electron chi connectivity index (χ3n) is 3.34. The molecule has 3 heteroatoms. The normalized spacial score (nSPS) is 9.70. The summed E-state index contributed by atoms with van der Waals surface area (Å²) >= 11 is 0. The Bertz CT molecular complexity index is 733. The zero-order valence-corrected chi connectivity index (χ0v) is 13.8. The first-order valence-corrected chi connectivity index (χ1v) is 7.57. The van der Waals surface area contributed by atoms with Crippen LogP contribution in [0.2, 0.25) is 0 Å². The molecule has 0 aliphatic rings. The van der Waals surface area contributed by atoms with Crippen molar-refractivity contribution >= 4 is 5.91 Å². The van der Waals surface area contributed by atoms with Crippen LogP contribution in [0.3, 0.4) is 0 Å². The second-order valence-electron chi connectivity index (χ2n) is 5.47. The van der Waals surface area contributed by atoms with Crippen LogP contribution in [0.15, 0.2) is 42.5 Å². The molecule has 0 atom stereocenters. The third-order valence-corrected chi connectivity index (χ3v) is 3.34. The van der Waals surface area contributed by atoms with Crippen molar-refractivity contribution in [2.75, 3.05) is 13.2 Å². The zero-order valence-electron chi connectivity index (χ0n) is 13.8. The number of aryl methyl sites for hydroxylation is 3. The standard InChI is InChI=1S/C20H21NO2/c1-15-12-16(2)14-18(13-15)20(22)21-10-6-7-11-23-19-9-5-4-8-17(19)3/h4-5,8-9,12-14H,10-11H2,1-3H3,(H,21,22). The minimum absolute atomic E-state index is 0.106. The van der Waals surface area contributed by atoms with Crippen LogP contribution >= 0.6 is 0 Å². The van der Waals surface area contributed by atoms with Crippen LogP contribution in [0.4, 0.5) is 0 Å². The number of nitrogens with one attached hydrogen (secondary N) is 1. The SMILES string of the molecule is Cc1cc(C)cc(C(=O)NCC#CCOc2ccccc2C)c1. The van der Waals surface area contributed by atoms with E-state index in [1.54, 1.807) is 0 Å². The molecule has 2 aromatic rings. The van der Waals surface area contributed by atoms with Crippen molar-refractivity contribution in [1.29, 1.82) is 0 Å². The molecule has 0 aliphatic heterocycles. The van der Waals surface area contributed by atoms with Crippen molar-refractivity contribution in [3.63, 3.8) is 0 Å². The smallest absolute Gasteiger partial charge is 0.252 e. The Morgan fingerprint density at radius 1 is 1.04 bits per heavy atom. The summed E-state index contributed by atoms with van der Waals surface area (Å²) in [7, 11) is 0. The van der Waals surface area contributed by atoms with E-state index < -0.39 is 0 Å². The molecule has 1 N–H and O–H groups in total. The molecule has 0 fully saturated rings. The molecule has 0 unspecified atom stereocenters. The highest BCUT2D eigenvalue weighted by Gasteiger charge is 2.04. The lowest BCUT2D eigenvalue weighted by Gasteiger charge is -2.05. The quantitative estimate of drug-likeness (QED) is 0.879. The topological polar surface area (TPSA) is 38.3 Å². The Kier molecular flexibility index (Phi) is 5.82. The molecule has 0 heterocycles. The van der Waals surface area contributed by atoms with Crippen LogP contribution < -0.4 is 10.1 Å². The zero-order chi connectivity index (χ0) is 16.7. The van der Waals surface area contributed by atoms with Gasteiger partial charge < -0.3 is 10.1 Å². The van der Waals surface area contributed by atoms with Crippen molar-refractivity contribution in [2.24, 2.45) is 0 Å². The van der Waals surface area contributed by atoms with E-state index in [-0.39, 0.29) is 5.91 Å². The largest absolute Gasteiger partial charge is 0.481 e. The molecule has 0 saturated heterocycles. The minimum atomic E-state index is -0.106. The van der Waals surface area contributed by atoms with Gasteiger partial charge in [-0.25, -0.2) is 0 Å². The van der Waals surface area contributed by atoms with Crippen molar-refractivity contribution in [3.05, 3.63) is 64.7 Å². The first kappa shape index (κ1) is 16.6. The summed E-state index contributed by atoms with van der Waals surface area (Å²) in [5.41, 5.74) is 3.90. The van der Waals surface area contributed by atoms with E-state index in [1.165, 1.54) is 0 Å². The molecule has 1 amide bonds. The maximum atomic E-state index is 12.0. The van der Waals surface area contributed by atoms with Crippen molar-refractivity contribution in [1.82, 2.24) is 5.32 Å². The predicted octanol–water partition coefficient (Wildman–Crippen LogP) is 3.42. The van der Waals surface area contributed by atoms with Gasteiger partial charge in [0.25, 0.3) is 5.91 Å². The molecular formula is C20H21NO2. The molecule has 0 aliphatic carbocycles. The number of rotatable bonds is 4. The molecule has 0 saturated carbocycles. The number of ether oxygens (including phenoxy) is 1. The Morgan fingerprint density at radius 2 is 1.74 bits per heavy atom. The number of carbonyl (C=O) groups excluding carboxylic acids is 1. The Balaban J connectivity index is 1.79. The van der Waals surface area contributed by atoms with E-state index in [9.17, 15) is 4.79 Å².